The number of rotatable bonds is 5. The van der Waals surface area contributed by atoms with Crippen LogP contribution in [-0.4, -0.2) is 52.4 Å². The molecule has 0 atom stereocenters. The Morgan fingerprint density at radius 1 is 1.00 bits per heavy atom. The maximum atomic E-state index is 13.1. The van der Waals surface area contributed by atoms with Crippen LogP contribution in [0.2, 0.25) is 0 Å². The summed E-state index contributed by atoms with van der Waals surface area (Å²) in [7, 11) is 0. The molecule has 1 aliphatic heterocycles. The summed E-state index contributed by atoms with van der Waals surface area (Å²) in [5.41, 5.74) is 1.02. The van der Waals surface area contributed by atoms with Crippen LogP contribution in [0.15, 0.2) is 24.3 Å². The van der Waals surface area contributed by atoms with Gasteiger partial charge in [0, 0.05) is 0 Å². The van der Waals surface area contributed by atoms with Crippen molar-refractivity contribution in [2.24, 2.45) is 0 Å². The lowest BCUT2D eigenvalue weighted by Gasteiger charge is -2.36. The molecular weight excluding hydrogens is 331 g/mol. The molecule has 1 saturated heterocycles. The van der Waals surface area contributed by atoms with Crippen LogP contribution in [0.3, 0.4) is 0 Å². The third kappa shape index (κ3) is 4.27. The van der Waals surface area contributed by atoms with Crippen molar-refractivity contribution in [3.63, 3.8) is 0 Å². The Balaban J connectivity index is 1.31. The fourth-order valence-electron chi connectivity index (χ4n) is 4.48. The summed E-state index contributed by atoms with van der Waals surface area (Å²) in [6.07, 6.45) is 7.10. The van der Waals surface area contributed by atoms with Crippen molar-refractivity contribution in [1.82, 2.24) is 20.2 Å². The van der Waals surface area contributed by atoms with Crippen LogP contribution in [0.5, 0.6) is 0 Å². The van der Waals surface area contributed by atoms with E-state index in [4.69, 9.17) is 0 Å². The Hall–Kier alpha value is -1.86. The Kier molecular flexibility index (Phi) is 5.55. The fourth-order valence-corrected chi connectivity index (χ4v) is 4.48. The molecule has 140 valence electrons. The Labute approximate surface area is 154 Å². The molecule has 1 aliphatic carbocycles. The first-order valence-corrected chi connectivity index (χ1v) is 9.95. The lowest BCUT2D eigenvalue weighted by Crippen LogP contribution is -3.29. The van der Waals surface area contributed by atoms with Gasteiger partial charge in [0.15, 0.2) is 0 Å². The van der Waals surface area contributed by atoms with Crippen LogP contribution in [0.4, 0.5) is 4.39 Å². The first kappa shape index (κ1) is 17.5. The van der Waals surface area contributed by atoms with Gasteiger partial charge in [0.2, 0.25) is 5.82 Å². The standard InChI is InChI=1S/C19H27FN6/c20-17-8-6-16(7-9-17)14-26-19(21-22-23-26)15-24-10-12-25(13-11-24)18-4-2-1-3-5-18/h6-9,18H,1-5,10-15H2/p+2. The van der Waals surface area contributed by atoms with Gasteiger partial charge in [-0.25, -0.2) is 9.07 Å². The molecule has 0 spiro atoms. The Morgan fingerprint density at radius 3 is 2.46 bits per heavy atom. The lowest BCUT2D eigenvalue weighted by molar-refractivity contribution is -1.03. The van der Waals surface area contributed by atoms with Crippen LogP contribution in [0.1, 0.15) is 43.5 Å². The van der Waals surface area contributed by atoms with Gasteiger partial charge in [-0.2, -0.15) is 0 Å². The Morgan fingerprint density at radius 2 is 1.73 bits per heavy atom. The highest BCUT2D eigenvalue weighted by Crippen LogP contribution is 2.15. The zero-order valence-electron chi connectivity index (χ0n) is 15.3. The smallest absolute Gasteiger partial charge is 0.206 e. The van der Waals surface area contributed by atoms with Crippen LogP contribution in [0, 0.1) is 5.82 Å². The topological polar surface area (TPSA) is 52.5 Å². The second-order valence-electron chi connectivity index (χ2n) is 7.80. The molecule has 0 radical (unpaired) electrons. The lowest BCUT2D eigenvalue weighted by atomic mass is 9.94. The third-order valence-corrected chi connectivity index (χ3v) is 6.04. The number of halogens is 1. The molecule has 2 aromatic rings. The predicted molar refractivity (Wildman–Crippen MR) is 95.3 cm³/mol. The van der Waals surface area contributed by atoms with Crippen molar-refractivity contribution < 1.29 is 14.2 Å². The number of aromatic nitrogens is 4. The van der Waals surface area contributed by atoms with Gasteiger partial charge in [-0.1, -0.05) is 18.6 Å². The molecule has 4 rings (SSSR count). The van der Waals surface area contributed by atoms with Crippen molar-refractivity contribution in [3.8, 4) is 0 Å². The summed E-state index contributed by atoms with van der Waals surface area (Å²) in [5, 5.41) is 12.2. The van der Waals surface area contributed by atoms with E-state index in [9.17, 15) is 4.39 Å². The zero-order valence-corrected chi connectivity index (χ0v) is 15.3. The molecule has 2 N–H and O–H groups in total. The molecule has 0 unspecified atom stereocenters. The van der Waals surface area contributed by atoms with E-state index in [0.717, 1.165) is 24.0 Å². The van der Waals surface area contributed by atoms with E-state index in [1.165, 1.54) is 70.4 Å². The van der Waals surface area contributed by atoms with E-state index in [0.29, 0.717) is 6.54 Å². The summed E-state index contributed by atoms with van der Waals surface area (Å²) in [5.74, 6) is 0.707. The third-order valence-electron chi connectivity index (χ3n) is 6.04. The molecular formula is C19H29FN6+2. The van der Waals surface area contributed by atoms with Crippen molar-refractivity contribution in [2.45, 2.75) is 51.2 Å². The van der Waals surface area contributed by atoms with Gasteiger partial charge < -0.3 is 9.80 Å². The largest absolute Gasteiger partial charge is 0.323 e. The van der Waals surface area contributed by atoms with Crippen LogP contribution in [-0.2, 0) is 13.1 Å². The molecule has 7 heteroatoms. The highest BCUT2D eigenvalue weighted by Gasteiger charge is 2.31. The maximum absolute atomic E-state index is 13.1. The number of hydrogen-bond donors (Lipinski definition) is 2. The quantitative estimate of drug-likeness (QED) is 0.754. The van der Waals surface area contributed by atoms with Crippen molar-refractivity contribution in [3.05, 3.63) is 41.5 Å². The Bertz CT molecular complexity index is 686. The summed E-state index contributed by atoms with van der Waals surface area (Å²) in [6, 6.07) is 7.45. The molecule has 0 amide bonds. The summed E-state index contributed by atoms with van der Waals surface area (Å²) >= 11 is 0. The molecule has 2 fully saturated rings. The molecule has 1 aromatic carbocycles. The fraction of sp³-hybridized carbons (Fsp3) is 0.632. The minimum absolute atomic E-state index is 0.214. The van der Waals surface area contributed by atoms with E-state index in [-0.39, 0.29) is 5.82 Å². The summed E-state index contributed by atoms with van der Waals surface area (Å²) < 4.78 is 14.9. The van der Waals surface area contributed by atoms with E-state index < -0.39 is 0 Å². The number of nitrogens with one attached hydrogen (secondary N) is 2. The van der Waals surface area contributed by atoms with E-state index in [1.807, 2.05) is 9.58 Å². The van der Waals surface area contributed by atoms with Gasteiger partial charge in [-0.15, -0.1) is 5.10 Å². The van der Waals surface area contributed by atoms with Gasteiger partial charge in [0.05, 0.1) is 12.6 Å². The molecule has 0 bridgehead atoms. The van der Waals surface area contributed by atoms with Gasteiger partial charge in [-0.3, -0.25) is 0 Å². The van der Waals surface area contributed by atoms with Gasteiger partial charge in [0.1, 0.15) is 38.5 Å². The minimum Gasteiger partial charge on any atom is -0.323 e. The van der Waals surface area contributed by atoms with E-state index in [2.05, 4.69) is 15.5 Å². The van der Waals surface area contributed by atoms with Crippen LogP contribution >= 0.6 is 0 Å². The van der Waals surface area contributed by atoms with E-state index in [1.54, 1.807) is 17.0 Å². The first-order chi connectivity index (χ1) is 12.8. The van der Waals surface area contributed by atoms with Gasteiger partial charge in [0.25, 0.3) is 0 Å². The molecule has 1 aromatic heterocycles. The maximum Gasteiger partial charge on any atom is 0.206 e. The monoisotopic (exact) mass is 360 g/mol. The molecule has 1 saturated carbocycles. The van der Waals surface area contributed by atoms with Gasteiger partial charge >= 0.3 is 0 Å². The van der Waals surface area contributed by atoms with Crippen molar-refractivity contribution in [2.75, 3.05) is 26.2 Å². The second kappa shape index (κ2) is 8.22. The van der Waals surface area contributed by atoms with Crippen LogP contribution in [0.25, 0.3) is 0 Å². The summed E-state index contributed by atoms with van der Waals surface area (Å²) in [4.78, 5) is 3.39. The average molecular weight is 360 g/mol. The molecule has 2 heterocycles. The van der Waals surface area contributed by atoms with Crippen molar-refractivity contribution in [1.29, 1.82) is 0 Å². The number of tetrazole rings is 1. The highest BCUT2D eigenvalue weighted by molar-refractivity contribution is 5.16. The minimum atomic E-state index is -0.214. The summed E-state index contributed by atoms with van der Waals surface area (Å²) in [6.45, 7) is 6.37. The zero-order chi connectivity index (χ0) is 17.8. The first-order valence-electron chi connectivity index (χ1n) is 9.95. The SMILES string of the molecule is Fc1ccc(Cn2nnnc2C[NH+]2CC[NH+](C3CCCCC3)CC2)cc1. The number of nitrogens with zero attached hydrogens (tertiary/aromatic N) is 4. The number of quaternary nitrogens is 2. The molecule has 26 heavy (non-hydrogen) atoms. The number of piperazine rings is 1. The molecule has 6 nitrogen and oxygen atoms in total. The predicted octanol–water partition coefficient (Wildman–Crippen LogP) is -0.523. The van der Waals surface area contributed by atoms with Crippen molar-refractivity contribution >= 4 is 0 Å². The van der Waals surface area contributed by atoms with Gasteiger partial charge in [-0.05, 0) is 53.8 Å². The average Bonchev–Trinajstić information content (AvgIpc) is 3.11. The number of hydrogen-bond acceptors (Lipinski definition) is 3. The van der Waals surface area contributed by atoms with E-state index >= 15 is 0 Å². The highest BCUT2D eigenvalue weighted by atomic mass is 19.1. The second-order valence-corrected chi connectivity index (χ2v) is 7.80. The van der Waals surface area contributed by atoms with Crippen LogP contribution < -0.4 is 9.80 Å². The molecule has 2 aliphatic rings. The normalized spacial score (nSPS) is 24.7. The number of benzene rings is 1.